The quantitative estimate of drug-likeness (QED) is 0.525. The molecule has 0 spiro atoms. The first-order valence-electron chi connectivity index (χ1n) is 3.48. The minimum absolute atomic E-state index is 0.0255. The van der Waals surface area contributed by atoms with Gasteiger partial charge >= 0.3 is 0 Å². The molecule has 2 aliphatic heterocycles. The van der Waals surface area contributed by atoms with E-state index in [-0.39, 0.29) is 12.0 Å². The highest BCUT2D eigenvalue weighted by Gasteiger charge is 2.49. The van der Waals surface area contributed by atoms with E-state index in [1.165, 1.54) is 0 Å². The molecule has 2 aliphatic rings. The molecule has 2 rings (SSSR count). The Kier molecular flexibility index (Phi) is 1.08. The maximum Gasteiger partial charge on any atom is 0.192 e. The Morgan fingerprint density at radius 2 is 2.50 bits per heavy atom. The molecule has 1 saturated heterocycles. The smallest absolute Gasteiger partial charge is 0.192 e. The van der Waals surface area contributed by atoms with Crippen LogP contribution in [0.3, 0.4) is 0 Å². The molecular formula is C7H11NO2. The third-order valence-corrected chi connectivity index (χ3v) is 2.27. The molecule has 2 N–H and O–H groups in total. The van der Waals surface area contributed by atoms with Crippen molar-refractivity contribution >= 4 is 0 Å². The van der Waals surface area contributed by atoms with Crippen LogP contribution in [0.2, 0.25) is 0 Å². The highest BCUT2D eigenvalue weighted by Crippen LogP contribution is 2.34. The van der Waals surface area contributed by atoms with E-state index in [9.17, 15) is 0 Å². The fourth-order valence-electron chi connectivity index (χ4n) is 1.41. The van der Waals surface area contributed by atoms with Crippen molar-refractivity contribution in [1.82, 2.24) is 0 Å². The average molecular weight is 141 g/mol. The van der Waals surface area contributed by atoms with Crippen LogP contribution in [-0.4, -0.2) is 18.4 Å². The molecule has 3 atom stereocenters. The van der Waals surface area contributed by atoms with Crippen LogP contribution in [0.25, 0.3) is 0 Å². The van der Waals surface area contributed by atoms with Gasteiger partial charge in [0.15, 0.2) is 5.72 Å². The van der Waals surface area contributed by atoms with Gasteiger partial charge in [-0.25, -0.2) is 0 Å². The lowest BCUT2D eigenvalue weighted by Crippen LogP contribution is -2.49. The van der Waals surface area contributed by atoms with Gasteiger partial charge in [-0.3, -0.25) is 5.73 Å². The zero-order valence-electron chi connectivity index (χ0n) is 5.91. The molecule has 0 aromatic heterocycles. The van der Waals surface area contributed by atoms with Crippen molar-refractivity contribution in [2.24, 2.45) is 11.7 Å². The molecule has 2 heterocycles. The van der Waals surface area contributed by atoms with Crippen molar-refractivity contribution in [3.8, 4) is 0 Å². The molecule has 0 amide bonds. The molecule has 3 nitrogen and oxygen atoms in total. The van der Waals surface area contributed by atoms with Crippen LogP contribution in [0.15, 0.2) is 12.3 Å². The molecule has 3 heteroatoms. The molecule has 0 aromatic rings. The zero-order chi connectivity index (χ0) is 7.19. The second kappa shape index (κ2) is 1.74. The predicted molar refractivity (Wildman–Crippen MR) is 36.0 cm³/mol. The fraction of sp³-hybridized carbons (Fsp3) is 0.714. The van der Waals surface area contributed by atoms with E-state index in [4.69, 9.17) is 15.2 Å². The Bertz CT molecular complexity index is 180. The standard InChI is InChI=1S/C7H11NO2/c1-5-4-9-6-2-3-10-7(5,6)8/h2-3,5-6H,4,8H2,1H3/t5-,6-,7-/m1/s1. The van der Waals surface area contributed by atoms with Gasteiger partial charge in [0.25, 0.3) is 0 Å². The summed E-state index contributed by atoms with van der Waals surface area (Å²) in [6, 6.07) is 0. The van der Waals surface area contributed by atoms with Crippen molar-refractivity contribution in [2.75, 3.05) is 6.61 Å². The first-order chi connectivity index (χ1) is 4.73. The lowest BCUT2D eigenvalue weighted by atomic mass is 9.98. The van der Waals surface area contributed by atoms with Crippen LogP contribution < -0.4 is 5.73 Å². The number of nitrogens with two attached hydrogens (primary N) is 1. The lowest BCUT2D eigenvalue weighted by Gasteiger charge is -2.25. The number of ether oxygens (including phenoxy) is 2. The summed E-state index contributed by atoms with van der Waals surface area (Å²) in [6.07, 6.45) is 3.46. The first-order valence-corrected chi connectivity index (χ1v) is 3.48. The Balaban J connectivity index is 2.27. The highest BCUT2D eigenvalue weighted by molar-refractivity contribution is 5.09. The highest BCUT2D eigenvalue weighted by atomic mass is 16.6. The summed E-state index contributed by atoms with van der Waals surface area (Å²) in [7, 11) is 0. The van der Waals surface area contributed by atoms with Gasteiger partial charge in [-0.15, -0.1) is 0 Å². The molecular weight excluding hydrogens is 130 g/mol. The van der Waals surface area contributed by atoms with E-state index < -0.39 is 5.72 Å². The van der Waals surface area contributed by atoms with E-state index in [1.807, 2.05) is 13.0 Å². The van der Waals surface area contributed by atoms with Crippen molar-refractivity contribution < 1.29 is 9.47 Å². The number of fused-ring (bicyclic) bond motifs is 1. The van der Waals surface area contributed by atoms with E-state index in [0.717, 1.165) is 0 Å². The molecule has 0 aromatic carbocycles. The maximum atomic E-state index is 5.90. The van der Waals surface area contributed by atoms with E-state index in [1.54, 1.807) is 6.26 Å². The third-order valence-electron chi connectivity index (χ3n) is 2.27. The van der Waals surface area contributed by atoms with Gasteiger partial charge in [0, 0.05) is 5.92 Å². The minimum atomic E-state index is -0.569. The summed E-state index contributed by atoms with van der Waals surface area (Å²) in [4.78, 5) is 0. The Hall–Kier alpha value is -0.540. The van der Waals surface area contributed by atoms with Gasteiger partial charge in [-0.05, 0) is 6.08 Å². The number of hydrogen-bond acceptors (Lipinski definition) is 3. The van der Waals surface area contributed by atoms with E-state index in [0.29, 0.717) is 6.61 Å². The van der Waals surface area contributed by atoms with Crippen LogP contribution in [0.4, 0.5) is 0 Å². The summed E-state index contributed by atoms with van der Waals surface area (Å²) < 4.78 is 10.6. The van der Waals surface area contributed by atoms with Gasteiger partial charge < -0.3 is 9.47 Å². The number of rotatable bonds is 0. The lowest BCUT2D eigenvalue weighted by molar-refractivity contribution is -0.0104. The van der Waals surface area contributed by atoms with Gasteiger partial charge in [0.05, 0.1) is 12.9 Å². The molecule has 10 heavy (non-hydrogen) atoms. The summed E-state index contributed by atoms with van der Waals surface area (Å²) >= 11 is 0. The normalized spacial score (nSPS) is 51.0. The van der Waals surface area contributed by atoms with Crippen LogP contribution >= 0.6 is 0 Å². The molecule has 0 aliphatic carbocycles. The fourth-order valence-corrected chi connectivity index (χ4v) is 1.41. The minimum Gasteiger partial charge on any atom is -0.477 e. The molecule has 56 valence electrons. The summed E-state index contributed by atoms with van der Waals surface area (Å²) in [6.45, 7) is 2.73. The summed E-state index contributed by atoms with van der Waals surface area (Å²) in [5.74, 6) is 0.285. The summed E-state index contributed by atoms with van der Waals surface area (Å²) in [5.41, 5.74) is 5.33. The monoisotopic (exact) mass is 141 g/mol. The van der Waals surface area contributed by atoms with Crippen molar-refractivity contribution in [1.29, 1.82) is 0 Å². The molecule has 0 bridgehead atoms. The molecule has 0 saturated carbocycles. The van der Waals surface area contributed by atoms with Gasteiger partial charge in [0.1, 0.15) is 6.10 Å². The second-order valence-corrected chi connectivity index (χ2v) is 2.95. The zero-order valence-corrected chi connectivity index (χ0v) is 5.91. The van der Waals surface area contributed by atoms with Crippen LogP contribution in [0, 0.1) is 5.92 Å². The predicted octanol–water partition coefficient (Wildman–Crippen LogP) is 0.220. The Morgan fingerprint density at radius 1 is 1.70 bits per heavy atom. The van der Waals surface area contributed by atoms with Gasteiger partial charge in [-0.1, -0.05) is 6.92 Å². The third kappa shape index (κ3) is 0.566. The van der Waals surface area contributed by atoms with Crippen molar-refractivity contribution in [2.45, 2.75) is 18.8 Å². The van der Waals surface area contributed by atoms with Crippen LogP contribution in [0.1, 0.15) is 6.92 Å². The molecule has 1 fully saturated rings. The van der Waals surface area contributed by atoms with Crippen molar-refractivity contribution in [3.05, 3.63) is 12.3 Å². The average Bonchev–Trinajstić information content (AvgIpc) is 2.36. The largest absolute Gasteiger partial charge is 0.477 e. The first kappa shape index (κ1) is 6.19. The SMILES string of the molecule is C[C@@H]1CO[C@@H]2C=CO[C@]12N. The second-order valence-electron chi connectivity index (χ2n) is 2.95. The summed E-state index contributed by atoms with van der Waals surface area (Å²) in [5, 5.41) is 0. The van der Waals surface area contributed by atoms with Crippen molar-refractivity contribution in [3.63, 3.8) is 0 Å². The Labute approximate surface area is 59.8 Å². The van der Waals surface area contributed by atoms with Gasteiger partial charge in [-0.2, -0.15) is 0 Å². The number of hydrogen-bond donors (Lipinski definition) is 1. The van der Waals surface area contributed by atoms with Crippen LogP contribution in [-0.2, 0) is 9.47 Å². The van der Waals surface area contributed by atoms with E-state index >= 15 is 0 Å². The van der Waals surface area contributed by atoms with E-state index in [2.05, 4.69) is 0 Å². The maximum absolute atomic E-state index is 5.90. The van der Waals surface area contributed by atoms with Crippen LogP contribution in [0.5, 0.6) is 0 Å². The van der Waals surface area contributed by atoms with Gasteiger partial charge in [0.2, 0.25) is 0 Å². The Morgan fingerprint density at radius 3 is 3.20 bits per heavy atom. The topological polar surface area (TPSA) is 44.5 Å². The molecule has 0 radical (unpaired) electrons. The molecule has 0 unspecified atom stereocenters.